The molecule has 0 aliphatic rings. The van der Waals surface area contributed by atoms with E-state index in [1.165, 1.54) is 8.66 Å². The van der Waals surface area contributed by atoms with E-state index in [9.17, 15) is 0 Å². The molecule has 3 nitrogen and oxygen atoms in total. The zero-order chi connectivity index (χ0) is 13.0. The molecule has 2 aromatic heterocycles. The third-order valence-electron chi connectivity index (χ3n) is 2.35. The standard InChI is InChI=1S/C12H12BrN3S2/c13-11-4-2-9(18-11)5-6-15-8-1-3-10(12(14)17)16-7-8/h1-4,7,15H,5-6H2,(H2,14,17). The monoisotopic (exact) mass is 341 g/mol. The van der Waals surface area contributed by atoms with Crippen LogP contribution in [0, 0.1) is 0 Å². The van der Waals surface area contributed by atoms with Crippen molar-refractivity contribution in [3.05, 3.63) is 44.8 Å². The maximum absolute atomic E-state index is 5.49. The summed E-state index contributed by atoms with van der Waals surface area (Å²) >= 11 is 10.1. The number of pyridine rings is 1. The fraction of sp³-hybridized carbons (Fsp3) is 0.167. The van der Waals surface area contributed by atoms with E-state index in [0.717, 1.165) is 18.7 Å². The van der Waals surface area contributed by atoms with Crippen molar-refractivity contribution >= 4 is 50.2 Å². The molecule has 0 fully saturated rings. The summed E-state index contributed by atoms with van der Waals surface area (Å²) in [5, 5.41) is 3.31. The maximum Gasteiger partial charge on any atom is 0.122 e. The molecule has 0 aliphatic carbocycles. The molecule has 0 spiro atoms. The van der Waals surface area contributed by atoms with Gasteiger partial charge in [-0.2, -0.15) is 0 Å². The van der Waals surface area contributed by atoms with Crippen molar-refractivity contribution in [2.45, 2.75) is 6.42 Å². The van der Waals surface area contributed by atoms with Crippen molar-refractivity contribution in [1.29, 1.82) is 0 Å². The minimum atomic E-state index is 0.324. The molecule has 6 heteroatoms. The average molecular weight is 342 g/mol. The Bertz CT molecular complexity index is 537. The topological polar surface area (TPSA) is 50.9 Å². The van der Waals surface area contributed by atoms with Crippen LogP contribution in [0.5, 0.6) is 0 Å². The third-order valence-corrected chi connectivity index (χ3v) is 4.24. The molecule has 18 heavy (non-hydrogen) atoms. The van der Waals surface area contributed by atoms with Gasteiger partial charge in [-0.05, 0) is 46.6 Å². The van der Waals surface area contributed by atoms with Gasteiger partial charge in [0.1, 0.15) is 4.99 Å². The highest BCUT2D eigenvalue weighted by Gasteiger charge is 2.00. The Morgan fingerprint density at radius 2 is 2.22 bits per heavy atom. The maximum atomic E-state index is 5.49. The Hall–Kier alpha value is -0.980. The third kappa shape index (κ3) is 3.76. The Kier molecular flexibility index (Phi) is 4.68. The van der Waals surface area contributed by atoms with Crippen LogP contribution in [0.3, 0.4) is 0 Å². The van der Waals surface area contributed by atoms with Gasteiger partial charge < -0.3 is 11.1 Å². The first-order valence-corrected chi connectivity index (χ1v) is 7.41. The van der Waals surface area contributed by atoms with Crippen LogP contribution in [0.4, 0.5) is 5.69 Å². The first-order chi connectivity index (χ1) is 8.65. The molecule has 0 radical (unpaired) electrons. The summed E-state index contributed by atoms with van der Waals surface area (Å²) in [5.74, 6) is 0. The minimum Gasteiger partial charge on any atom is -0.388 e. The van der Waals surface area contributed by atoms with Gasteiger partial charge in [-0.1, -0.05) is 12.2 Å². The number of aromatic nitrogens is 1. The molecule has 0 aliphatic heterocycles. The van der Waals surface area contributed by atoms with Gasteiger partial charge in [0.2, 0.25) is 0 Å². The van der Waals surface area contributed by atoms with E-state index < -0.39 is 0 Å². The number of thiocarbonyl (C=S) groups is 1. The number of rotatable bonds is 5. The molecule has 0 atom stereocenters. The normalized spacial score (nSPS) is 10.3. The largest absolute Gasteiger partial charge is 0.388 e. The smallest absolute Gasteiger partial charge is 0.122 e. The lowest BCUT2D eigenvalue weighted by Crippen LogP contribution is -2.11. The molecule has 2 heterocycles. The zero-order valence-corrected chi connectivity index (χ0v) is 12.7. The van der Waals surface area contributed by atoms with Crippen molar-refractivity contribution in [1.82, 2.24) is 4.98 Å². The Balaban J connectivity index is 1.85. The van der Waals surface area contributed by atoms with Gasteiger partial charge in [-0.15, -0.1) is 11.3 Å². The number of nitrogens with one attached hydrogen (secondary N) is 1. The van der Waals surface area contributed by atoms with Crippen LogP contribution < -0.4 is 11.1 Å². The summed E-state index contributed by atoms with van der Waals surface area (Å²) in [6.45, 7) is 0.876. The lowest BCUT2D eigenvalue weighted by Gasteiger charge is -2.05. The predicted molar refractivity (Wildman–Crippen MR) is 84.3 cm³/mol. The lowest BCUT2D eigenvalue weighted by atomic mass is 10.3. The molecule has 0 saturated heterocycles. The van der Waals surface area contributed by atoms with Gasteiger partial charge in [0.25, 0.3) is 0 Å². The number of halogens is 1. The fourth-order valence-corrected chi connectivity index (χ4v) is 3.06. The van der Waals surface area contributed by atoms with E-state index in [1.807, 2.05) is 12.1 Å². The van der Waals surface area contributed by atoms with Crippen LogP contribution in [-0.4, -0.2) is 16.5 Å². The molecular weight excluding hydrogens is 330 g/mol. The summed E-state index contributed by atoms with van der Waals surface area (Å²) in [7, 11) is 0. The van der Waals surface area contributed by atoms with Crippen LogP contribution in [0.25, 0.3) is 0 Å². The van der Waals surface area contributed by atoms with Crippen LogP contribution in [0.1, 0.15) is 10.6 Å². The predicted octanol–water partition coefficient (Wildman–Crippen LogP) is 3.19. The van der Waals surface area contributed by atoms with Gasteiger partial charge in [0.15, 0.2) is 0 Å². The summed E-state index contributed by atoms with van der Waals surface area (Å²) < 4.78 is 1.17. The van der Waals surface area contributed by atoms with Gasteiger partial charge in [0, 0.05) is 11.4 Å². The van der Waals surface area contributed by atoms with E-state index in [2.05, 4.69) is 38.4 Å². The number of nitrogens with zero attached hydrogens (tertiary/aromatic N) is 1. The number of hydrogen-bond donors (Lipinski definition) is 2. The van der Waals surface area contributed by atoms with E-state index in [-0.39, 0.29) is 0 Å². The molecule has 0 saturated carbocycles. The first-order valence-electron chi connectivity index (χ1n) is 5.39. The summed E-state index contributed by atoms with van der Waals surface area (Å²) in [6.07, 6.45) is 2.74. The zero-order valence-electron chi connectivity index (χ0n) is 9.52. The molecule has 0 bridgehead atoms. The van der Waals surface area contributed by atoms with E-state index in [0.29, 0.717) is 10.7 Å². The Morgan fingerprint density at radius 1 is 1.39 bits per heavy atom. The Morgan fingerprint density at radius 3 is 2.78 bits per heavy atom. The van der Waals surface area contributed by atoms with Crippen molar-refractivity contribution in [3.8, 4) is 0 Å². The van der Waals surface area contributed by atoms with Crippen LogP contribution >= 0.6 is 39.5 Å². The van der Waals surface area contributed by atoms with E-state index >= 15 is 0 Å². The van der Waals surface area contributed by atoms with Crippen molar-refractivity contribution < 1.29 is 0 Å². The van der Waals surface area contributed by atoms with Crippen molar-refractivity contribution in [2.75, 3.05) is 11.9 Å². The fourth-order valence-electron chi connectivity index (χ4n) is 1.46. The van der Waals surface area contributed by atoms with Crippen LogP contribution in [0.2, 0.25) is 0 Å². The molecule has 3 N–H and O–H groups in total. The van der Waals surface area contributed by atoms with E-state index in [4.69, 9.17) is 18.0 Å². The highest BCUT2D eigenvalue weighted by Crippen LogP contribution is 2.22. The molecule has 0 unspecified atom stereocenters. The number of thiophene rings is 1. The molecule has 0 aromatic carbocycles. The molecule has 94 valence electrons. The van der Waals surface area contributed by atoms with Crippen molar-refractivity contribution in [2.24, 2.45) is 5.73 Å². The second kappa shape index (κ2) is 6.26. The highest BCUT2D eigenvalue weighted by molar-refractivity contribution is 9.11. The van der Waals surface area contributed by atoms with Gasteiger partial charge in [-0.3, -0.25) is 4.98 Å². The second-order valence-corrected chi connectivity index (χ2v) is 6.67. The quantitative estimate of drug-likeness (QED) is 0.820. The number of hydrogen-bond acceptors (Lipinski definition) is 4. The highest BCUT2D eigenvalue weighted by atomic mass is 79.9. The number of anilines is 1. The van der Waals surface area contributed by atoms with Crippen LogP contribution in [0.15, 0.2) is 34.2 Å². The van der Waals surface area contributed by atoms with E-state index in [1.54, 1.807) is 17.5 Å². The summed E-state index contributed by atoms with van der Waals surface area (Å²) in [5.41, 5.74) is 7.12. The van der Waals surface area contributed by atoms with Crippen LogP contribution in [-0.2, 0) is 6.42 Å². The summed E-state index contributed by atoms with van der Waals surface area (Å²) in [6, 6.07) is 7.96. The number of nitrogens with two attached hydrogens (primary N) is 1. The van der Waals surface area contributed by atoms with Gasteiger partial charge in [-0.25, -0.2) is 0 Å². The Labute approximate surface area is 124 Å². The first kappa shape index (κ1) is 13.5. The minimum absolute atomic E-state index is 0.324. The molecule has 0 amide bonds. The van der Waals surface area contributed by atoms with Gasteiger partial charge in [0.05, 0.1) is 21.4 Å². The molecule has 2 aromatic rings. The second-order valence-electron chi connectivity index (χ2n) is 3.68. The molecule has 2 rings (SSSR count). The van der Waals surface area contributed by atoms with Crippen molar-refractivity contribution in [3.63, 3.8) is 0 Å². The van der Waals surface area contributed by atoms with Gasteiger partial charge >= 0.3 is 0 Å². The average Bonchev–Trinajstić information content (AvgIpc) is 2.76. The summed E-state index contributed by atoms with van der Waals surface area (Å²) in [4.78, 5) is 5.85. The lowest BCUT2D eigenvalue weighted by molar-refractivity contribution is 1.04. The molecular formula is C12H12BrN3S2. The SMILES string of the molecule is NC(=S)c1ccc(NCCc2ccc(Br)s2)cn1.